The molecule has 0 saturated carbocycles. The smallest absolute Gasteiger partial charge is 0.205 e. The molecule has 4 heterocycles. The monoisotopic (exact) mass is 515 g/mol. The molecule has 1 saturated heterocycles. The number of nitrogen functional groups attached to an aromatic ring is 1. The standard InChI is InChI=1S/C25H24Cl2FN5O2/c1-14(2-3-17-20(26)4-5-21(28)22(17)27)35-24-23-18(11-31-25(24)29)19(13-34-23)15-10-32-33(12-15)16-6-8-30-9-7-16/h2-5,10-14,16,30H,6-9H2,1H3,(H2,29,31)/b3-2+. The maximum absolute atomic E-state index is 13.8. The maximum atomic E-state index is 13.8. The third-order valence-corrected chi connectivity index (χ3v) is 6.83. The number of piperidine rings is 1. The molecule has 4 aromatic rings. The minimum absolute atomic E-state index is 0.0510. The number of fused-ring (bicyclic) bond motifs is 1. The van der Waals surface area contributed by atoms with E-state index in [2.05, 4.69) is 15.4 Å². The largest absolute Gasteiger partial charge is 0.479 e. The molecule has 3 N–H and O–H groups in total. The minimum atomic E-state index is -0.547. The van der Waals surface area contributed by atoms with E-state index in [9.17, 15) is 4.39 Å². The normalized spacial score (nSPS) is 15.8. The van der Waals surface area contributed by atoms with Crippen LogP contribution in [-0.4, -0.2) is 34.0 Å². The van der Waals surface area contributed by atoms with Gasteiger partial charge in [0, 0.05) is 34.1 Å². The Bertz CT molecular complexity index is 1390. The molecule has 10 heteroatoms. The zero-order chi connectivity index (χ0) is 24.5. The molecular weight excluding hydrogens is 492 g/mol. The highest BCUT2D eigenvalue weighted by molar-refractivity contribution is 6.37. The molecule has 0 aliphatic carbocycles. The van der Waals surface area contributed by atoms with E-state index in [4.69, 9.17) is 38.1 Å². The second kappa shape index (κ2) is 9.89. The first-order valence-corrected chi connectivity index (χ1v) is 12.1. The van der Waals surface area contributed by atoms with E-state index >= 15 is 0 Å². The second-order valence-corrected chi connectivity index (χ2v) is 9.28. The van der Waals surface area contributed by atoms with Gasteiger partial charge in [-0.25, -0.2) is 9.37 Å². The number of anilines is 1. The fourth-order valence-corrected chi connectivity index (χ4v) is 4.71. The van der Waals surface area contributed by atoms with Crippen LogP contribution in [0.2, 0.25) is 10.0 Å². The van der Waals surface area contributed by atoms with Crippen LogP contribution in [0.5, 0.6) is 5.75 Å². The van der Waals surface area contributed by atoms with Crippen LogP contribution in [0.25, 0.3) is 28.2 Å². The second-order valence-electron chi connectivity index (χ2n) is 8.49. The summed E-state index contributed by atoms with van der Waals surface area (Å²) in [5, 5.41) is 9.01. The summed E-state index contributed by atoms with van der Waals surface area (Å²) in [4.78, 5) is 4.31. The summed E-state index contributed by atoms with van der Waals surface area (Å²) >= 11 is 12.2. The van der Waals surface area contributed by atoms with E-state index in [1.54, 1.807) is 24.6 Å². The Labute approximate surface area is 211 Å². The lowest BCUT2D eigenvalue weighted by atomic mass is 10.1. The summed E-state index contributed by atoms with van der Waals surface area (Å²) in [5.74, 6) is -0.0203. The fourth-order valence-electron chi connectivity index (χ4n) is 4.22. The molecule has 3 aromatic heterocycles. The molecule has 182 valence electrons. The number of furan rings is 1. The Morgan fingerprint density at radius 3 is 2.89 bits per heavy atom. The van der Waals surface area contributed by atoms with Crippen molar-refractivity contribution in [1.82, 2.24) is 20.1 Å². The Morgan fingerprint density at radius 1 is 1.29 bits per heavy atom. The molecule has 1 aliphatic rings. The minimum Gasteiger partial charge on any atom is -0.479 e. The Morgan fingerprint density at radius 2 is 2.09 bits per heavy atom. The van der Waals surface area contributed by atoms with E-state index < -0.39 is 11.9 Å². The van der Waals surface area contributed by atoms with Crippen LogP contribution in [0.4, 0.5) is 10.2 Å². The number of halogens is 3. The Hall–Kier alpha value is -3.07. The molecule has 1 aromatic carbocycles. The first-order valence-electron chi connectivity index (χ1n) is 11.3. The molecule has 1 unspecified atom stereocenters. The molecule has 0 spiro atoms. The van der Waals surface area contributed by atoms with Crippen LogP contribution in [0.1, 0.15) is 31.4 Å². The molecule has 1 fully saturated rings. The van der Waals surface area contributed by atoms with Gasteiger partial charge in [0.25, 0.3) is 0 Å². The van der Waals surface area contributed by atoms with Crippen LogP contribution in [0, 0.1) is 5.82 Å². The van der Waals surface area contributed by atoms with Gasteiger partial charge < -0.3 is 20.2 Å². The molecular formula is C25H24Cl2FN5O2. The van der Waals surface area contributed by atoms with Gasteiger partial charge >= 0.3 is 0 Å². The van der Waals surface area contributed by atoms with Crippen molar-refractivity contribution in [2.45, 2.75) is 31.9 Å². The highest BCUT2D eigenvalue weighted by Gasteiger charge is 2.21. The lowest BCUT2D eigenvalue weighted by molar-refractivity contribution is 0.271. The SMILES string of the molecule is CC(/C=C/c1c(Cl)ccc(F)c1Cl)Oc1c(N)ncc2c(-c3cnn(C4CCNCC4)c3)coc12. The summed E-state index contributed by atoms with van der Waals surface area (Å²) in [7, 11) is 0. The van der Waals surface area contributed by atoms with E-state index in [0.717, 1.165) is 42.4 Å². The number of hydrogen-bond acceptors (Lipinski definition) is 6. The predicted molar refractivity (Wildman–Crippen MR) is 136 cm³/mol. The maximum Gasteiger partial charge on any atom is 0.205 e. The summed E-state index contributed by atoms with van der Waals surface area (Å²) in [6, 6.07) is 3.05. The van der Waals surface area contributed by atoms with Crippen LogP contribution in [-0.2, 0) is 0 Å². The van der Waals surface area contributed by atoms with Gasteiger partial charge in [0.15, 0.2) is 11.4 Å². The van der Waals surface area contributed by atoms with Crippen molar-refractivity contribution in [2.24, 2.45) is 0 Å². The van der Waals surface area contributed by atoms with Gasteiger partial charge in [0.05, 0.1) is 22.6 Å². The number of pyridine rings is 1. The number of benzene rings is 1. The number of hydrogen-bond donors (Lipinski definition) is 2. The van der Waals surface area contributed by atoms with Gasteiger partial charge in [-0.05, 0) is 51.1 Å². The predicted octanol–water partition coefficient (Wildman–Crippen LogP) is 6.12. The number of ether oxygens (including phenoxy) is 1. The van der Waals surface area contributed by atoms with Crippen molar-refractivity contribution in [1.29, 1.82) is 0 Å². The summed E-state index contributed by atoms with van der Waals surface area (Å²) in [6.07, 6.45) is 12.1. The van der Waals surface area contributed by atoms with Gasteiger partial charge in [0.2, 0.25) is 5.75 Å². The van der Waals surface area contributed by atoms with Crippen molar-refractivity contribution in [3.63, 3.8) is 0 Å². The van der Waals surface area contributed by atoms with E-state index in [1.165, 1.54) is 12.1 Å². The first kappa shape index (κ1) is 23.7. The molecule has 1 aliphatic heterocycles. The van der Waals surface area contributed by atoms with Crippen LogP contribution in [0.15, 0.2) is 47.5 Å². The third-order valence-electron chi connectivity index (χ3n) is 6.11. The molecule has 35 heavy (non-hydrogen) atoms. The Balaban J connectivity index is 1.40. The lowest BCUT2D eigenvalue weighted by Crippen LogP contribution is -2.29. The van der Waals surface area contributed by atoms with Crippen molar-refractivity contribution in [3.05, 3.63) is 64.5 Å². The van der Waals surface area contributed by atoms with Crippen molar-refractivity contribution < 1.29 is 13.5 Å². The summed E-state index contributed by atoms with van der Waals surface area (Å²) in [5.41, 5.74) is 8.78. The Kier molecular flexibility index (Phi) is 6.69. The summed E-state index contributed by atoms with van der Waals surface area (Å²) in [6.45, 7) is 3.79. The van der Waals surface area contributed by atoms with Gasteiger partial charge in [-0.1, -0.05) is 29.3 Å². The van der Waals surface area contributed by atoms with Gasteiger partial charge in [0.1, 0.15) is 18.2 Å². The number of nitrogens with zero attached hydrogens (tertiary/aromatic N) is 3. The van der Waals surface area contributed by atoms with Crippen molar-refractivity contribution >= 4 is 46.1 Å². The molecule has 5 rings (SSSR count). The first-order chi connectivity index (χ1) is 16.9. The number of nitrogens with one attached hydrogen (secondary N) is 1. The van der Waals surface area contributed by atoms with Gasteiger partial charge in [-0.15, -0.1) is 0 Å². The highest BCUT2D eigenvalue weighted by atomic mass is 35.5. The number of rotatable bonds is 6. The van der Waals surface area contributed by atoms with Gasteiger partial charge in [-0.2, -0.15) is 5.10 Å². The zero-order valence-electron chi connectivity index (χ0n) is 19.0. The number of nitrogens with two attached hydrogens (primary N) is 1. The van der Waals surface area contributed by atoms with Crippen molar-refractivity contribution in [2.75, 3.05) is 18.8 Å². The van der Waals surface area contributed by atoms with E-state index in [0.29, 0.717) is 28.0 Å². The molecule has 0 bridgehead atoms. The van der Waals surface area contributed by atoms with Crippen LogP contribution >= 0.6 is 23.2 Å². The highest BCUT2D eigenvalue weighted by Crippen LogP contribution is 2.38. The lowest BCUT2D eigenvalue weighted by Gasteiger charge is -2.22. The molecule has 0 amide bonds. The van der Waals surface area contributed by atoms with Gasteiger partial charge in [-0.3, -0.25) is 4.68 Å². The molecule has 0 radical (unpaired) electrons. The van der Waals surface area contributed by atoms with E-state index in [-0.39, 0.29) is 10.8 Å². The molecule has 7 nitrogen and oxygen atoms in total. The topological polar surface area (TPSA) is 91.1 Å². The van der Waals surface area contributed by atoms with E-state index in [1.807, 2.05) is 24.0 Å². The number of aromatic nitrogens is 3. The average molecular weight is 516 g/mol. The van der Waals surface area contributed by atoms with Crippen LogP contribution < -0.4 is 15.8 Å². The summed E-state index contributed by atoms with van der Waals surface area (Å²) < 4.78 is 27.8. The third kappa shape index (κ3) is 4.74. The van der Waals surface area contributed by atoms with Crippen molar-refractivity contribution in [3.8, 4) is 16.9 Å². The quantitative estimate of drug-likeness (QED) is 0.300. The van der Waals surface area contributed by atoms with Crippen LogP contribution in [0.3, 0.4) is 0 Å². The molecule has 1 atom stereocenters. The zero-order valence-corrected chi connectivity index (χ0v) is 20.5. The average Bonchev–Trinajstić information content (AvgIpc) is 3.51. The fraction of sp³-hybridized carbons (Fsp3) is 0.280.